The maximum Gasteiger partial charge on any atom is 0.175 e. The van der Waals surface area contributed by atoms with Crippen molar-refractivity contribution in [3.63, 3.8) is 0 Å². The minimum absolute atomic E-state index is 0.265. The molecule has 6 nitrogen and oxygen atoms in total. The summed E-state index contributed by atoms with van der Waals surface area (Å²) >= 11 is 0. The number of aliphatic hydroxyl groups is 1. The van der Waals surface area contributed by atoms with Crippen molar-refractivity contribution in [1.82, 2.24) is 9.97 Å². The van der Waals surface area contributed by atoms with E-state index in [-0.39, 0.29) is 4.90 Å². The molecular weight excluding hydrogens is 290 g/mol. The van der Waals surface area contributed by atoms with Crippen LogP contribution >= 0.6 is 0 Å². The number of aryl methyl sites for hydroxylation is 1. The van der Waals surface area contributed by atoms with Gasteiger partial charge in [0.2, 0.25) is 0 Å². The van der Waals surface area contributed by atoms with E-state index in [4.69, 9.17) is 0 Å². The van der Waals surface area contributed by atoms with Crippen molar-refractivity contribution >= 4 is 21.3 Å². The number of aliphatic hydroxyl groups excluding tert-OH is 1. The van der Waals surface area contributed by atoms with Gasteiger partial charge in [0.05, 0.1) is 16.7 Å². The van der Waals surface area contributed by atoms with Crippen LogP contribution in [0.4, 0.5) is 11.5 Å². The smallest absolute Gasteiger partial charge is 0.175 e. The van der Waals surface area contributed by atoms with Crippen molar-refractivity contribution in [2.24, 2.45) is 0 Å². The van der Waals surface area contributed by atoms with Crippen LogP contribution in [0.15, 0.2) is 35.5 Å². The van der Waals surface area contributed by atoms with Crippen LogP contribution in [0.2, 0.25) is 0 Å². The third-order valence-electron chi connectivity index (χ3n) is 3.50. The van der Waals surface area contributed by atoms with Crippen LogP contribution in [0.3, 0.4) is 0 Å². The highest BCUT2D eigenvalue weighted by Crippen LogP contribution is 2.35. The molecule has 0 fully saturated rings. The van der Waals surface area contributed by atoms with Crippen LogP contribution < -0.4 is 5.32 Å². The molecular formula is C14H15N3O3S. The third kappa shape index (κ3) is 2.74. The highest BCUT2D eigenvalue weighted by atomic mass is 32.2. The van der Waals surface area contributed by atoms with Crippen LogP contribution in [-0.2, 0) is 16.3 Å². The highest BCUT2D eigenvalue weighted by Gasteiger charge is 2.25. The molecule has 2 aromatic rings. The molecule has 21 heavy (non-hydrogen) atoms. The number of nitrogens with zero attached hydrogens (tertiary/aromatic N) is 2. The molecule has 1 aliphatic carbocycles. The second kappa shape index (κ2) is 5.09. The standard InChI is InChI=1S/C14H15N3O3S/c1-21(19,20)10-4-2-9(3-5-10)17-14-13-11(15-8-16-14)6-7-12(13)18/h2-5,8,12,18H,6-7H2,1H3,(H,15,16,17). The first-order chi connectivity index (χ1) is 9.95. The minimum atomic E-state index is -3.20. The molecule has 0 saturated carbocycles. The number of sulfone groups is 1. The van der Waals surface area contributed by atoms with E-state index in [1.54, 1.807) is 12.1 Å². The van der Waals surface area contributed by atoms with E-state index < -0.39 is 15.9 Å². The first-order valence-corrected chi connectivity index (χ1v) is 8.43. The van der Waals surface area contributed by atoms with Crippen molar-refractivity contribution in [3.8, 4) is 0 Å². The van der Waals surface area contributed by atoms with Crippen molar-refractivity contribution in [3.05, 3.63) is 41.9 Å². The molecule has 1 atom stereocenters. The fourth-order valence-electron chi connectivity index (χ4n) is 2.42. The normalized spacial score (nSPS) is 17.5. The van der Waals surface area contributed by atoms with Crippen LogP contribution in [0.5, 0.6) is 0 Å². The minimum Gasteiger partial charge on any atom is -0.388 e. The zero-order valence-corrected chi connectivity index (χ0v) is 12.3. The molecule has 0 aliphatic heterocycles. The van der Waals surface area contributed by atoms with E-state index in [1.165, 1.54) is 24.7 Å². The molecule has 3 rings (SSSR count). The molecule has 2 N–H and O–H groups in total. The highest BCUT2D eigenvalue weighted by molar-refractivity contribution is 7.90. The van der Waals surface area contributed by atoms with Gasteiger partial charge in [0.15, 0.2) is 9.84 Å². The molecule has 0 spiro atoms. The van der Waals surface area contributed by atoms with Gasteiger partial charge in [0.25, 0.3) is 0 Å². The van der Waals surface area contributed by atoms with Gasteiger partial charge in [0, 0.05) is 17.5 Å². The summed E-state index contributed by atoms with van der Waals surface area (Å²) in [6.07, 6.45) is 3.46. The summed E-state index contributed by atoms with van der Waals surface area (Å²) in [5.41, 5.74) is 2.29. The molecule has 0 bridgehead atoms. The molecule has 0 amide bonds. The van der Waals surface area contributed by atoms with E-state index >= 15 is 0 Å². The molecule has 1 aliphatic rings. The number of fused-ring (bicyclic) bond motifs is 1. The van der Waals surface area contributed by atoms with Crippen LogP contribution in [0.1, 0.15) is 23.8 Å². The first-order valence-electron chi connectivity index (χ1n) is 6.54. The fourth-order valence-corrected chi connectivity index (χ4v) is 3.05. The zero-order chi connectivity index (χ0) is 15.0. The van der Waals surface area contributed by atoms with Gasteiger partial charge in [-0.05, 0) is 37.1 Å². The van der Waals surface area contributed by atoms with E-state index in [0.717, 1.165) is 17.7 Å². The maximum absolute atomic E-state index is 11.4. The van der Waals surface area contributed by atoms with Gasteiger partial charge in [-0.25, -0.2) is 18.4 Å². The molecule has 110 valence electrons. The van der Waals surface area contributed by atoms with Gasteiger partial charge in [-0.1, -0.05) is 0 Å². The SMILES string of the molecule is CS(=O)(=O)c1ccc(Nc2ncnc3c2C(O)CC3)cc1. The third-order valence-corrected chi connectivity index (χ3v) is 4.63. The van der Waals surface area contributed by atoms with E-state index in [2.05, 4.69) is 15.3 Å². The Labute approximate surface area is 122 Å². The van der Waals surface area contributed by atoms with Gasteiger partial charge in [-0.3, -0.25) is 0 Å². The van der Waals surface area contributed by atoms with Gasteiger partial charge in [0.1, 0.15) is 12.1 Å². The molecule has 7 heteroatoms. The van der Waals surface area contributed by atoms with Crippen molar-refractivity contribution < 1.29 is 13.5 Å². The zero-order valence-electron chi connectivity index (χ0n) is 11.4. The van der Waals surface area contributed by atoms with Gasteiger partial charge in [-0.15, -0.1) is 0 Å². The summed E-state index contributed by atoms with van der Waals surface area (Å²) < 4.78 is 22.8. The summed E-state index contributed by atoms with van der Waals surface area (Å²) in [5, 5.41) is 13.1. The Hall–Kier alpha value is -1.99. The quantitative estimate of drug-likeness (QED) is 0.895. The summed E-state index contributed by atoms with van der Waals surface area (Å²) in [6, 6.07) is 6.42. The summed E-state index contributed by atoms with van der Waals surface area (Å²) in [4.78, 5) is 8.60. The monoisotopic (exact) mass is 305 g/mol. The lowest BCUT2D eigenvalue weighted by molar-refractivity contribution is 0.180. The topological polar surface area (TPSA) is 92.2 Å². The Bertz CT molecular complexity index is 773. The lowest BCUT2D eigenvalue weighted by Gasteiger charge is -2.12. The number of aromatic nitrogens is 2. The lowest BCUT2D eigenvalue weighted by Crippen LogP contribution is -2.03. The average molecular weight is 305 g/mol. The van der Waals surface area contributed by atoms with Crippen molar-refractivity contribution in [1.29, 1.82) is 0 Å². The van der Waals surface area contributed by atoms with Gasteiger partial charge >= 0.3 is 0 Å². The summed E-state index contributed by atoms with van der Waals surface area (Å²) in [6.45, 7) is 0. The summed E-state index contributed by atoms with van der Waals surface area (Å²) in [7, 11) is -3.20. The molecule has 1 unspecified atom stereocenters. The number of hydrogen-bond acceptors (Lipinski definition) is 6. The number of rotatable bonds is 3. The summed E-state index contributed by atoms with van der Waals surface area (Å²) in [5.74, 6) is 0.567. The Morgan fingerprint density at radius 3 is 2.62 bits per heavy atom. The van der Waals surface area contributed by atoms with Crippen LogP contribution in [-0.4, -0.2) is 29.7 Å². The van der Waals surface area contributed by atoms with Crippen LogP contribution in [0, 0.1) is 0 Å². The van der Waals surface area contributed by atoms with Crippen molar-refractivity contribution in [2.75, 3.05) is 11.6 Å². The molecule has 0 saturated heterocycles. The van der Waals surface area contributed by atoms with E-state index in [1.807, 2.05) is 0 Å². The molecule has 1 aromatic heterocycles. The number of hydrogen-bond donors (Lipinski definition) is 2. The van der Waals surface area contributed by atoms with Crippen molar-refractivity contribution in [2.45, 2.75) is 23.8 Å². The Morgan fingerprint density at radius 2 is 1.95 bits per heavy atom. The predicted molar refractivity (Wildman–Crippen MR) is 78.1 cm³/mol. The molecule has 1 aromatic carbocycles. The van der Waals surface area contributed by atoms with Gasteiger partial charge in [-0.2, -0.15) is 0 Å². The number of benzene rings is 1. The number of anilines is 2. The second-order valence-electron chi connectivity index (χ2n) is 5.06. The van der Waals surface area contributed by atoms with E-state index in [0.29, 0.717) is 17.9 Å². The fraction of sp³-hybridized carbons (Fsp3) is 0.286. The molecule has 1 heterocycles. The Morgan fingerprint density at radius 1 is 1.24 bits per heavy atom. The van der Waals surface area contributed by atoms with Gasteiger partial charge < -0.3 is 10.4 Å². The Balaban J connectivity index is 1.90. The largest absolute Gasteiger partial charge is 0.388 e. The first kappa shape index (κ1) is 14.0. The molecule has 0 radical (unpaired) electrons. The maximum atomic E-state index is 11.4. The second-order valence-corrected chi connectivity index (χ2v) is 7.07. The Kier molecular flexibility index (Phi) is 3.38. The van der Waals surface area contributed by atoms with E-state index in [9.17, 15) is 13.5 Å². The lowest BCUT2D eigenvalue weighted by atomic mass is 10.2. The number of nitrogens with one attached hydrogen (secondary N) is 1. The van der Waals surface area contributed by atoms with Crippen LogP contribution in [0.25, 0.3) is 0 Å². The average Bonchev–Trinajstić information content (AvgIpc) is 2.81. The predicted octanol–water partition coefficient (Wildman–Crippen LogP) is 1.60.